The highest BCUT2D eigenvalue weighted by Gasteiger charge is 2.12. The molecular weight excluding hydrogens is 360 g/mol. The first-order valence-electron chi connectivity index (χ1n) is 5.81. The second kappa shape index (κ2) is 4.68. The van der Waals surface area contributed by atoms with Crippen molar-refractivity contribution in [2.45, 2.75) is 11.8 Å². The zero-order valence-electron chi connectivity index (χ0n) is 10.8. The van der Waals surface area contributed by atoms with E-state index in [-0.39, 0.29) is 0 Å². The third kappa shape index (κ3) is 2.41. The van der Waals surface area contributed by atoms with Gasteiger partial charge in [-0.05, 0) is 52.7 Å². The van der Waals surface area contributed by atoms with Crippen molar-refractivity contribution in [3.05, 3.63) is 33.6 Å². The third-order valence-electron chi connectivity index (χ3n) is 2.97. The van der Waals surface area contributed by atoms with E-state index in [2.05, 4.69) is 25.9 Å². The third-order valence-corrected chi connectivity index (χ3v) is 6.23. The average Bonchev–Trinajstić information content (AvgIpc) is 2.91. The van der Waals surface area contributed by atoms with Crippen LogP contribution in [0.25, 0.3) is 21.7 Å². The molecule has 0 saturated carbocycles. The maximum absolute atomic E-state index is 11.6. The van der Waals surface area contributed by atoms with Gasteiger partial charge in [0.25, 0.3) is 0 Å². The quantitative estimate of drug-likeness (QED) is 0.746. The van der Waals surface area contributed by atoms with Crippen molar-refractivity contribution in [1.82, 2.24) is 9.97 Å². The Labute approximate surface area is 128 Å². The Balaban J connectivity index is 2.16. The highest BCUT2D eigenvalue weighted by molar-refractivity contribution is 9.11. The van der Waals surface area contributed by atoms with Gasteiger partial charge in [-0.2, -0.15) is 0 Å². The number of thiophene rings is 1. The number of benzene rings is 1. The number of hydrogen-bond acceptors (Lipinski definition) is 4. The largest absolute Gasteiger partial charge is 0.337 e. The van der Waals surface area contributed by atoms with Crippen LogP contribution in [0.4, 0.5) is 0 Å². The molecule has 1 aromatic carbocycles. The van der Waals surface area contributed by atoms with Crippen molar-refractivity contribution < 1.29 is 8.42 Å². The van der Waals surface area contributed by atoms with E-state index in [0.717, 1.165) is 31.1 Å². The van der Waals surface area contributed by atoms with E-state index in [4.69, 9.17) is 0 Å². The van der Waals surface area contributed by atoms with Crippen LogP contribution in [0.1, 0.15) is 5.56 Å². The fourth-order valence-electron chi connectivity index (χ4n) is 1.91. The van der Waals surface area contributed by atoms with Gasteiger partial charge in [-0.3, -0.25) is 0 Å². The number of aromatic amines is 1. The molecule has 0 radical (unpaired) electrons. The van der Waals surface area contributed by atoms with Gasteiger partial charge in [0, 0.05) is 6.26 Å². The van der Waals surface area contributed by atoms with Crippen LogP contribution < -0.4 is 0 Å². The lowest BCUT2D eigenvalue weighted by Gasteiger charge is -1.96. The number of aryl methyl sites for hydroxylation is 1. The van der Waals surface area contributed by atoms with Crippen molar-refractivity contribution >= 4 is 48.1 Å². The van der Waals surface area contributed by atoms with E-state index in [9.17, 15) is 8.42 Å². The molecule has 2 aromatic heterocycles. The Morgan fingerprint density at radius 2 is 2.05 bits per heavy atom. The molecule has 2 heterocycles. The van der Waals surface area contributed by atoms with Crippen molar-refractivity contribution in [2.24, 2.45) is 0 Å². The first-order chi connectivity index (χ1) is 9.34. The van der Waals surface area contributed by atoms with Gasteiger partial charge in [0.2, 0.25) is 0 Å². The summed E-state index contributed by atoms with van der Waals surface area (Å²) in [6, 6.07) is 6.97. The molecule has 7 heteroatoms. The van der Waals surface area contributed by atoms with Crippen LogP contribution >= 0.6 is 27.3 Å². The molecule has 0 unspecified atom stereocenters. The molecule has 20 heavy (non-hydrogen) atoms. The topological polar surface area (TPSA) is 62.8 Å². The van der Waals surface area contributed by atoms with Gasteiger partial charge in [-0.25, -0.2) is 13.4 Å². The van der Waals surface area contributed by atoms with E-state index in [1.165, 1.54) is 6.26 Å². The van der Waals surface area contributed by atoms with Crippen molar-refractivity contribution in [3.8, 4) is 10.7 Å². The Hall–Kier alpha value is -1.18. The van der Waals surface area contributed by atoms with E-state index in [1.807, 2.05) is 13.0 Å². The number of fused-ring (bicyclic) bond motifs is 1. The molecule has 0 bridgehead atoms. The number of imidazole rings is 1. The molecule has 0 aliphatic heterocycles. The monoisotopic (exact) mass is 370 g/mol. The van der Waals surface area contributed by atoms with Gasteiger partial charge in [-0.15, -0.1) is 11.3 Å². The van der Waals surface area contributed by atoms with Gasteiger partial charge in [-0.1, -0.05) is 0 Å². The lowest BCUT2D eigenvalue weighted by molar-refractivity contribution is 0.602. The van der Waals surface area contributed by atoms with Gasteiger partial charge < -0.3 is 4.98 Å². The molecule has 4 nitrogen and oxygen atoms in total. The van der Waals surface area contributed by atoms with Crippen LogP contribution in [0.15, 0.2) is 32.9 Å². The van der Waals surface area contributed by atoms with Crippen LogP contribution in [0, 0.1) is 6.92 Å². The zero-order chi connectivity index (χ0) is 14.5. The molecule has 0 fully saturated rings. The predicted molar refractivity (Wildman–Crippen MR) is 85.0 cm³/mol. The molecule has 0 aliphatic carbocycles. The van der Waals surface area contributed by atoms with Crippen LogP contribution in [0.3, 0.4) is 0 Å². The van der Waals surface area contributed by atoms with Gasteiger partial charge in [0.15, 0.2) is 9.84 Å². The second-order valence-electron chi connectivity index (χ2n) is 4.60. The standard InChI is InChI=1S/C13H11BrN2O2S2/c1-7-5-11(19-12(7)14)13-15-9-4-3-8(20(2,17)18)6-10(9)16-13/h3-6H,1-2H3,(H,15,16). The van der Waals surface area contributed by atoms with Crippen LogP contribution in [-0.4, -0.2) is 24.6 Å². The SMILES string of the molecule is Cc1cc(-c2nc3ccc(S(C)(=O)=O)cc3[nH]2)sc1Br. The van der Waals surface area contributed by atoms with E-state index >= 15 is 0 Å². The average molecular weight is 371 g/mol. The van der Waals surface area contributed by atoms with Gasteiger partial charge in [0.05, 0.1) is 24.6 Å². The lowest BCUT2D eigenvalue weighted by atomic mass is 10.3. The fraction of sp³-hybridized carbons (Fsp3) is 0.154. The highest BCUT2D eigenvalue weighted by atomic mass is 79.9. The number of H-pyrrole nitrogens is 1. The first kappa shape index (κ1) is 13.8. The van der Waals surface area contributed by atoms with Crippen molar-refractivity contribution in [1.29, 1.82) is 0 Å². The summed E-state index contributed by atoms with van der Waals surface area (Å²) in [6.45, 7) is 2.02. The van der Waals surface area contributed by atoms with Crippen LogP contribution in [0.2, 0.25) is 0 Å². The summed E-state index contributed by atoms with van der Waals surface area (Å²) in [5, 5.41) is 0. The molecule has 1 N–H and O–H groups in total. The molecule has 3 aromatic rings. The Morgan fingerprint density at radius 1 is 1.30 bits per heavy atom. The number of nitrogens with zero attached hydrogens (tertiary/aromatic N) is 1. The van der Waals surface area contributed by atoms with Crippen LogP contribution in [-0.2, 0) is 9.84 Å². The maximum atomic E-state index is 11.6. The summed E-state index contributed by atoms with van der Waals surface area (Å²) in [5.41, 5.74) is 2.64. The number of nitrogens with one attached hydrogen (secondary N) is 1. The molecular formula is C13H11BrN2O2S2. The normalized spacial score (nSPS) is 12.2. The molecule has 3 rings (SSSR count). The summed E-state index contributed by atoms with van der Waals surface area (Å²) in [6.07, 6.45) is 1.20. The number of halogens is 1. The number of hydrogen-bond donors (Lipinski definition) is 1. The molecule has 0 amide bonds. The lowest BCUT2D eigenvalue weighted by Crippen LogP contribution is -1.96. The summed E-state index contributed by atoms with van der Waals surface area (Å²) >= 11 is 5.09. The first-order valence-corrected chi connectivity index (χ1v) is 9.31. The second-order valence-corrected chi connectivity index (χ2v) is 8.99. The minimum absolute atomic E-state index is 0.295. The molecule has 0 atom stereocenters. The van der Waals surface area contributed by atoms with E-state index < -0.39 is 9.84 Å². The summed E-state index contributed by atoms with van der Waals surface area (Å²) < 4.78 is 24.2. The van der Waals surface area contributed by atoms with Crippen molar-refractivity contribution in [3.63, 3.8) is 0 Å². The van der Waals surface area contributed by atoms with Gasteiger partial charge in [0.1, 0.15) is 5.82 Å². The Bertz CT molecular complexity index is 890. The zero-order valence-corrected chi connectivity index (χ0v) is 14.0. The molecule has 0 spiro atoms. The van der Waals surface area contributed by atoms with E-state index in [0.29, 0.717) is 4.90 Å². The maximum Gasteiger partial charge on any atom is 0.175 e. The fourth-order valence-corrected chi connectivity index (χ4v) is 4.04. The Kier molecular flexibility index (Phi) is 3.23. The minimum Gasteiger partial charge on any atom is -0.337 e. The van der Waals surface area contributed by atoms with E-state index in [1.54, 1.807) is 29.5 Å². The predicted octanol–water partition coefficient (Wildman–Crippen LogP) is 3.77. The summed E-state index contributed by atoms with van der Waals surface area (Å²) in [4.78, 5) is 8.99. The van der Waals surface area contributed by atoms with Crippen molar-refractivity contribution in [2.75, 3.05) is 6.26 Å². The van der Waals surface area contributed by atoms with Crippen LogP contribution in [0.5, 0.6) is 0 Å². The number of sulfone groups is 1. The smallest absolute Gasteiger partial charge is 0.175 e. The Morgan fingerprint density at radius 3 is 2.65 bits per heavy atom. The summed E-state index contributed by atoms with van der Waals surface area (Å²) in [7, 11) is -3.20. The number of aromatic nitrogens is 2. The highest BCUT2D eigenvalue weighted by Crippen LogP contribution is 2.34. The molecule has 0 aliphatic rings. The number of rotatable bonds is 2. The summed E-state index contributed by atoms with van der Waals surface area (Å²) in [5.74, 6) is 0.754. The molecule has 104 valence electrons. The minimum atomic E-state index is -3.20. The van der Waals surface area contributed by atoms with Gasteiger partial charge >= 0.3 is 0 Å². The molecule has 0 saturated heterocycles.